The third-order valence-corrected chi connectivity index (χ3v) is 2.97. The van der Waals surface area contributed by atoms with E-state index in [4.69, 9.17) is 16.3 Å². The number of aryl methyl sites for hydroxylation is 1. The summed E-state index contributed by atoms with van der Waals surface area (Å²) in [5.41, 5.74) is 1.82. The lowest BCUT2D eigenvalue weighted by Gasteiger charge is -2.14. The number of aliphatic hydroxyl groups is 1. The maximum atomic E-state index is 9.68. The molecule has 18 heavy (non-hydrogen) atoms. The molecule has 0 aromatic heterocycles. The van der Waals surface area contributed by atoms with Gasteiger partial charge in [-0.2, -0.15) is 0 Å². The van der Waals surface area contributed by atoms with E-state index in [-0.39, 0.29) is 0 Å². The van der Waals surface area contributed by atoms with Gasteiger partial charge in [-0.15, -0.1) is 0 Å². The second-order valence-corrected chi connectivity index (χ2v) is 4.66. The minimum absolute atomic E-state index is 0.565. The summed E-state index contributed by atoms with van der Waals surface area (Å²) in [7, 11) is 0. The van der Waals surface area contributed by atoms with Crippen LogP contribution in [0.25, 0.3) is 0 Å². The average molecular weight is 263 g/mol. The van der Waals surface area contributed by atoms with Crippen LogP contribution in [0.4, 0.5) is 0 Å². The summed E-state index contributed by atoms with van der Waals surface area (Å²) < 4.78 is 5.76. The molecule has 0 saturated carbocycles. The first kappa shape index (κ1) is 12.9. The molecule has 3 heteroatoms. The number of aliphatic hydroxyl groups excluding tert-OH is 1. The smallest absolute Gasteiger partial charge is 0.146 e. The van der Waals surface area contributed by atoms with E-state index in [0.717, 1.165) is 11.1 Å². The van der Waals surface area contributed by atoms with E-state index >= 15 is 0 Å². The fourth-order valence-corrected chi connectivity index (χ4v) is 2.00. The van der Waals surface area contributed by atoms with Gasteiger partial charge in [0.05, 0.1) is 11.1 Å². The van der Waals surface area contributed by atoms with Crippen molar-refractivity contribution in [3.8, 4) is 11.5 Å². The first-order chi connectivity index (χ1) is 8.58. The first-order valence-electron chi connectivity index (χ1n) is 5.79. The Labute approximate surface area is 112 Å². The summed E-state index contributed by atoms with van der Waals surface area (Å²) in [5, 5.41) is 10.2. The van der Waals surface area contributed by atoms with E-state index in [1.807, 2.05) is 49.4 Å². The van der Waals surface area contributed by atoms with Gasteiger partial charge in [0.2, 0.25) is 0 Å². The van der Waals surface area contributed by atoms with Crippen LogP contribution < -0.4 is 4.74 Å². The van der Waals surface area contributed by atoms with Gasteiger partial charge in [-0.05, 0) is 37.6 Å². The molecule has 1 unspecified atom stereocenters. The maximum absolute atomic E-state index is 9.68. The van der Waals surface area contributed by atoms with Gasteiger partial charge < -0.3 is 9.84 Å². The van der Waals surface area contributed by atoms with E-state index in [9.17, 15) is 5.11 Å². The van der Waals surface area contributed by atoms with Crippen molar-refractivity contribution in [1.82, 2.24) is 0 Å². The molecule has 0 fully saturated rings. The molecule has 1 atom stereocenters. The lowest BCUT2D eigenvalue weighted by Crippen LogP contribution is -1.96. The predicted molar refractivity (Wildman–Crippen MR) is 73.3 cm³/mol. The summed E-state index contributed by atoms with van der Waals surface area (Å²) in [6.45, 7) is 3.68. The topological polar surface area (TPSA) is 29.5 Å². The highest BCUT2D eigenvalue weighted by Crippen LogP contribution is 2.33. The monoisotopic (exact) mass is 262 g/mol. The molecule has 0 aliphatic carbocycles. The third-order valence-electron chi connectivity index (χ3n) is 2.68. The van der Waals surface area contributed by atoms with Gasteiger partial charge in [-0.3, -0.25) is 0 Å². The van der Waals surface area contributed by atoms with Crippen LogP contribution in [0.3, 0.4) is 0 Å². The predicted octanol–water partition coefficient (Wildman–Crippen LogP) is 4.49. The summed E-state index contributed by atoms with van der Waals surface area (Å²) in [6, 6.07) is 13.0. The Hall–Kier alpha value is -1.51. The molecule has 2 aromatic carbocycles. The summed E-state index contributed by atoms with van der Waals surface area (Å²) in [4.78, 5) is 0. The first-order valence-corrected chi connectivity index (χ1v) is 6.16. The van der Waals surface area contributed by atoms with Crippen molar-refractivity contribution in [2.75, 3.05) is 0 Å². The molecule has 2 nitrogen and oxygen atoms in total. The van der Waals surface area contributed by atoms with Crippen LogP contribution in [0.5, 0.6) is 11.5 Å². The minimum Gasteiger partial charge on any atom is -0.455 e. The normalized spacial score (nSPS) is 12.2. The van der Waals surface area contributed by atoms with Gasteiger partial charge in [-0.1, -0.05) is 35.9 Å². The van der Waals surface area contributed by atoms with Crippen molar-refractivity contribution in [3.05, 3.63) is 58.6 Å². The highest BCUT2D eigenvalue weighted by molar-refractivity contribution is 6.32. The Morgan fingerprint density at radius 2 is 1.83 bits per heavy atom. The van der Waals surface area contributed by atoms with Gasteiger partial charge in [0.25, 0.3) is 0 Å². The zero-order chi connectivity index (χ0) is 13.1. The van der Waals surface area contributed by atoms with Crippen molar-refractivity contribution < 1.29 is 9.84 Å². The molecule has 2 rings (SSSR count). The second kappa shape index (κ2) is 5.42. The van der Waals surface area contributed by atoms with Crippen LogP contribution in [0.15, 0.2) is 42.5 Å². The SMILES string of the molecule is Cc1ccc(Oc2ccccc2C(C)O)c(Cl)c1. The highest BCUT2D eigenvalue weighted by Gasteiger charge is 2.10. The van der Waals surface area contributed by atoms with E-state index in [2.05, 4.69) is 0 Å². The van der Waals surface area contributed by atoms with E-state index in [0.29, 0.717) is 16.5 Å². The molecule has 0 amide bonds. The molecule has 0 aliphatic rings. The molecule has 0 spiro atoms. The second-order valence-electron chi connectivity index (χ2n) is 4.25. The van der Waals surface area contributed by atoms with Crippen LogP contribution >= 0.6 is 11.6 Å². The molecule has 0 saturated heterocycles. The number of para-hydroxylation sites is 1. The fourth-order valence-electron chi connectivity index (χ4n) is 1.73. The Balaban J connectivity index is 2.34. The summed E-state index contributed by atoms with van der Waals surface area (Å²) >= 11 is 6.12. The molecule has 94 valence electrons. The number of rotatable bonds is 3. The molecule has 0 bridgehead atoms. The maximum Gasteiger partial charge on any atom is 0.146 e. The van der Waals surface area contributed by atoms with Gasteiger partial charge >= 0.3 is 0 Å². The molecule has 2 aromatic rings. The van der Waals surface area contributed by atoms with Crippen molar-refractivity contribution in [2.45, 2.75) is 20.0 Å². The lowest BCUT2D eigenvalue weighted by atomic mass is 10.1. The largest absolute Gasteiger partial charge is 0.455 e. The van der Waals surface area contributed by atoms with E-state index < -0.39 is 6.10 Å². The Bertz CT molecular complexity index is 550. The summed E-state index contributed by atoms with van der Waals surface area (Å²) in [5.74, 6) is 1.22. The van der Waals surface area contributed by atoms with E-state index in [1.54, 1.807) is 6.92 Å². The number of hydrogen-bond donors (Lipinski definition) is 1. The number of hydrogen-bond acceptors (Lipinski definition) is 2. The lowest BCUT2D eigenvalue weighted by molar-refractivity contribution is 0.195. The van der Waals surface area contributed by atoms with E-state index in [1.165, 1.54) is 0 Å². The molecule has 0 heterocycles. The number of benzene rings is 2. The standard InChI is InChI=1S/C15H15ClO2/c1-10-7-8-15(13(16)9-10)18-14-6-4-3-5-12(14)11(2)17/h3-9,11,17H,1-2H3. The van der Waals surface area contributed by atoms with Crippen LogP contribution in [0.2, 0.25) is 5.02 Å². The van der Waals surface area contributed by atoms with Crippen molar-refractivity contribution >= 4 is 11.6 Å². The Kier molecular flexibility index (Phi) is 3.90. The van der Waals surface area contributed by atoms with Crippen molar-refractivity contribution in [1.29, 1.82) is 0 Å². The zero-order valence-corrected chi connectivity index (χ0v) is 11.1. The Morgan fingerprint density at radius 3 is 2.50 bits per heavy atom. The fraction of sp³-hybridized carbons (Fsp3) is 0.200. The van der Waals surface area contributed by atoms with Gasteiger partial charge in [0, 0.05) is 5.56 Å². The van der Waals surface area contributed by atoms with Crippen LogP contribution in [-0.4, -0.2) is 5.11 Å². The van der Waals surface area contributed by atoms with Gasteiger partial charge in [0.15, 0.2) is 0 Å². The van der Waals surface area contributed by atoms with Crippen LogP contribution in [0, 0.1) is 6.92 Å². The summed E-state index contributed by atoms with van der Waals surface area (Å²) in [6.07, 6.45) is -0.578. The molecular weight excluding hydrogens is 248 g/mol. The number of halogens is 1. The number of ether oxygens (including phenoxy) is 1. The van der Waals surface area contributed by atoms with Gasteiger partial charge in [0.1, 0.15) is 11.5 Å². The quantitative estimate of drug-likeness (QED) is 0.883. The molecule has 0 radical (unpaired) electrons. The van der Waals surface area contributed by atoms with Crippen molar-refractivity contribution in [2.24, 2.45) is 0 Å². The Morgan fingerprint density at radius 1 is 1.11 bits per heavy atom. The highest BCUT2D eigenvalue weighted by atomic mass is 35.5. The zero-order valence-electron chi connectivity index (χ0n) is 10.4. The van der Waals surface area contributed by atoms with Crippen molar-refractivity contribution in [3.63, 3.8) is 0 Å². The average Bonchev–Trinajstić information content (AvgIpc) is 2.33. The third kappa shape index (κ3) is 2.84. The van der Waals surface area contributed by atoms with Crippen LogP contribution in [0.1, 0.15) is 24.2 Å². The van der Waals surface area contributed by atoms with Crippen LogP contribution in [-0.2, 0) is 0 Å². The molecule has 0 aliphatic heterocycles. The molecule has 1 N–H and O–H groups in total. The van der Waals surface area contributed by atoms with Gasteiger partial charge in [-0.25, -0.2) is 0 Å². The minimum atomic E-state index is -0.578. The molecular formula is C15H15ClO2.